The van der Waals surface area contributed by atoms with E-state index in [1.54, 1.807) is 0 Å². The van der Waals surface area contributed by atoms with Crippen LogP contribution in [0.3, 0.4) is 0 Å². The van der Waals surface area contributed by atoms with E-state index in [9.17, 15) is 4.79 Å². The van der Waals surface area contributed by atoms with E-state index in [1.807, 2.05) is 65.6 Å². The molecule has 0 saturated carbocycles. The lowest BCUT2D eigenvalue weighted by Crippen LogP contribution is -2.47. The molecule has 5 rings (SSSR count). The molecular weight excluding hydrogens is 404 g/mol. The van der Waals surface area contributed by atoms with Crippen molar-refractivity contribution in [1.29, 1.82) is 0 Å². The van der Waals surface area contributed by atoms with Crippen molar-refractivity contribution in [2.24, 2.45) is 5.92 Å². The molecule has 1 aromatic heterocycles. The van der Waals surface area contributed by atoms with Gasteiger partial charge in [0.15, 0.2) is 0 Å². The number of carbonyl (C=O) groups is 1. The summed E-state index contributed by atoms with van der Waals surface area (Å²) in [4.78, 5) is 17.2. The molecule has 166 valence electrons. The molecule has 7 heteroatoms. The van der Waals surface area contributed by atoms with Gasteiger partial charge in [0.1, 0.15) is 11.9 Å². The zero-order valence-electron chi connectivity index (χ0n) is 18.1. The Bertz CT molecular complexity index is 1010. The SMILES string of the molecule is O=C(C1CCN(c2nnc(-c3ccccc3)o2)CC1)N1CCC(Oc2ccccc2)CC1. The van der Waals surface area contributed by atoms with Gasteiger partial charge >= 0.3 is 6.01 Å². The standard InChI is InChI=1S/C25H28N4O3/c30-24(28-17-13-22(14-18-28)31-21-9-5-2-6-10-21)20-11-15-29(16-12-20)25-27-26-23(32-25)19-7-3-1-4-8-19/h1-10,20,22H,11-18H2. The summed E-state index contributed by atoms with van der Waals surface area (Å²) in [5.41, 5.74) is 0.913. The highest BCUT2D eigenvalue weighted by atomic mass is 16.5. The van der Waals surface area contributed by atoms with Gasteiger partial charge in [-0.05, 0) is 37.1 Å². The largest absolute Gasteiger partial charge is 0.490 e. The highest BCUT2D eigenvalue weighted by Gasteiger charge is 2.32. The van der Waals surface area contributed by atoms with Gasteiger partial charge in [-0.2, -0.15) is 0 Å². The van der Waals surface area contributed by atoms with Crippen LogP contribution in [0.1, 0.15) is 25.7 Å². The normalized spacial score (nSPS) is 18.0. The van der Waals surface area contributed by atoms with E-state index >= 15 is 0 Å². The molecule has 2 aromatic carbocycles. The van der Waals surface area contributed by atoms with E-state index in [0.29, 0.717) is 11.9 Å². The van der Waals surface area contributed by atoms with Crippen LogP contribution in [-0.4, -0.2) is 53.3 Å². The number of anilines is 1. The quantitative estimate of drug-likeness (QED) is 0.606. The molecule has 0 N–H and O–H groups in total. The molecule has 2 saturated heterocycles. The summed E-state index contributed by atoms with van der Waals surface area (Å²) in [6.45, 7) is 3.03. The second kappa shape index (κ2) is 9.42. The molecule has 0 radical (unpaired) electrons. The fourth-order valence-corrected chi connectivity index (χ4v) is 4.50. The van der Waals surface area contributed by atoms with Gasteiger partial charge in [-0.1, -0.05) is 41.5 Å². The Morgan fingerprint density at radius 3 is 2.19 bits per heavy atom. The Labute approximate surface area is 188 Å². The average Bonchev–Trinajstić information content (AvgIpc) is 3.36. The van der Waals surface area contributed by atoms with Crippen molar-refractivity contribution in [2.45, 2.75) is 31.8 Å². The third kappa shape index (κ3) is 4.61. The first-order valence-electron chi connectivity index (χ1n) is 11.4. The number of nitrogens with zero attached hydrogens (tertiary/aromatic N) is 4. The second-order valence-electron chi connectivity index (χ2n) is 8.47. The predicted octanol–water partition coefficient (Wildman–Crippen LogP) is 4.02. The molecule has 0 spiro atoms. The number of ether oxygens (including phenoxy) is 1. The van der Waals surface area contributed by atoms with Crippen molar-refractivity contribution >= 4 is 11.9 Å². The first-order chi connectivity index (χ1) is 15.8. The highest BCUT2D eigenvalue weighted by molar-refractivity contribution is 5.79. The first kappa shape index (κ1) is 20.5. The molecule has 2 aliphatic rings. The molecule has 0 aliphatic carbocycles. The molecule has 32 heavy (non-hydrogen) atoms. The van der Waals surface area contributed by atoms with E-state index in [2.05, 4.69) is 15.1 Å². The van der Waals surface area contributed by atoms with E-state index < -0.39 is 0 Å². The minimum atomic E-state index is 0.0642. The fraction of sp³-hybridized carbons (Fsp3) is 0.400. The van der Waals surface area contributed by atoms with Crippen LogP contribution in [0, 0.1) is 5.92 Å². The van der Waals surface area contributed by atoms with Crippen molar-refractivity contribution in [3.8, 4) is 17.2 Å². The van der Waals surface area contributed by atoms with E-state index in [0.717, 1.165) is 63.2 Å². The smallest absolute Gasteiger partial charge is 0.318 e. The van der Waals surface area contributed by atoms with Gasteiger partial charge in [0, 0.05) is 50.5 Å². The second-order valence-corrected chi connectivity index (χ2v) is 8.47. The van der Waals surface area contributed by atoms with Crippen LogP contribution in [-0.2, 0) is 4.79 Å². The highest BCUT2D eigenvalue weighted by Crippen LogP contribution is 2.28. The van der Waals surface area contributed by atoms with Crippen LogP contribution >= 0.6 is 0 Å². The molecule has 2 fully saturated rings. The van der Waals surface area contributed by atoms with Crippen LogP contribution in [0.2, 0.25) is 0 Å². The van der Waals surface area contributed by atoms with Gasteiger partial charge < -0.3 is 19.0 Å². The van der Waals surface area contributed by atoms with Crippen molar-refractivity contribution < 1.29 is 13.9 Å². The van der Waals surface area contributed by atoms with Gasteiger partial charge in [-0.25, -0.2) is 0 Å². The Balaban J connectivity index is 1.10. The Kier molecular flexibility index (Phi) is 6.05. The number of piperidine rings is 2. The van der Waals surface area contributed by atoms with E-state index in [1.165, 1.54) is 0 Å². The molecule has 0 unspecified atom stereocenters. The fourth-order valence-electron chi connectivity index (χ4n) is 4.50. The zero-order chi connectivity index (χ0) is 21.8. The van der Waals surface area contributed by atoms with Gasteiger partial charge in [0.25, 0.3) is 0 Å². The Morgan fingerprint density at radius 1 is 0.844 bits per heavy atom. The van der Waals surface area contributed by atoms with Gasteiger partial charge in [0.05, 0.1) is 0 Å². The summed E-state index contributed by atoms with van der Waals surface area (Å²) in [7, 11) is 0. The molecular formula is C25H28N4O3. The van der Waals surface area contributed by atoms with Gasteiger partial charge in [-0.15, -0.1) is 5.10 Å². The molecule has 0 bridgehead atoms. The van der Waals surface area contributed by atoms with Crippen LogP contribution in [0.25, 0.3) is 11.5 Å². The van der Waals surface area contributed by atoms with Gasteiger partial charge in [-0.3, -0.25) is 4.79 Å². The summed E-state index contributed by atoms with van der Waals surface area (Å²) in [6.07, 6.45) is 3.55. The first-order valence-corrected chi connectivity index (χ1v) is 11.4. The monoisotopic (exact) mass is 432 g/mol. The van der Waals surface area contributed by atoms with E-state index in [-0.39, 0.29) is 17.9 Å². The molecule has 2 aliphatic heterocycles. The topological polar surface area (TPSA) is 71.7 Å². The number of amides is 1. The number of hydrogen-bond donors (Lipinski definition) is 0. The Hall–Kier alpha value is -3.35. The number of para-hydroxylation sites is 1. The lowest BCUT2D eigenvalue weighted by molar-refractivity contribution is -0.138. The predicted molar refractivity (Wildman–Crippen MR) is 121 cm³/mol. The number of likely N-dealkylation sites (tertiary alicyclic amines) is 1. The number of benzene rings is 2. The summed E-state index contributed by atoms with van der Waals surface area (Å²) in [5, 5.41) is 8.40. The number of hydrogen-bond acceptors (Lipinski definition) is 6. The summed E-state index contributed by atoms with van der Waals surface area (Å²) in [6, 6.07) is 20.2. The molecule has 1 amide bonds. The molecule has 0 atom stereocenters. The number of aromatic nitrogens is 2. The molecule has 3 aromatic rings. The number of rotatable bonds is 5. The maximum Gasteiger partial charge on any atom is 0.318 e. The van der Waals surface area contributed by atoms with Crippen LogP contribution in [0.4, 0.5) is 6.01 Å². The average molecular weight is 433 g/mol. The van der Waals surface area contributed by atoms with Crippen molar-refractivity contribution in [3.63, 3.8) is 0 Å². The minimum absolute atomic E-state index is 0.0642. The number of carbonyl (C=O) groups excluding carboxylic acids is 1. The molecule has 7 nitrogen and oxygen atoms in total. The zero-order valence-corrected chi connectivity index (χ0v) is 18.1. The van der Waals surface area contributed by atoms with Crippen molar-refractivity contribution in [2.75, 3.05) is 31.1 Å². The van der Waals surface area contributed by atoms with Crippen LogP contribution < -0.4 is 9.64 Å². The minimum Gasteiger partial charge on any atom is -0.490 e. The third-order valence-corrected chi connectivity index (χ3v) is 6.35. The Morgan fingerprint density at radius 2 is 1.50 bits per heavy atom. The summed E-state index contributed by atoms with van der Waals surface area (Å²) >= 11 is 0. The maximum atomic E-state index is 13.1. The lowest BCUT2D eigenvalue weighted by Gasteiger charge is -2.36. The maximum absolute atomic E-state index is 13.1. The summed E-state index contributed by atoms with van der Waals surface area (Å²) < 4.78 is 11.9. The summed E-state index contributed by atoms with van der Waals surface area (Å²) in [5.74, 6) is 1.77. The van der Waals surface area contributed by atoms with Crippen LogP contribution in [0.5, 0.6) is 5.75 Å². The van der Waals surface area contributed by atoms with Crippen molar-refractivity contribution in [3.05, 3.63) is 60.7 Å². The van der Waals surface area contributed by atoms with Gasteiger partial charge in [0.2, 0.25) is 11.8 Å². The van der Waals surface area contributed by atoms with E-state index in [4.69, 9.17) is 9.15 Å². The molecule has 3 heterocycles. The van der Waals surface area contributed by atoms with Crippen LogP contribution in [0.15, 0.2) is 65.1 Å². The third-order valence-electron chi connectivity index (χ3n) is 6.35. The van der Waals surface area contributed by atoms with Crippen molar-refractivity contribution in [1.82, 2.24) is 15.1 Å². The lowest BCUT2D eigenvalue weighted by atomic mass is 9.94.